The molecule has 1 aliphatic rings. The van der Waals surface area contributed by atoms with Gasteiger partial charge in [-0.3, -0.25) is 24.3 Å². The molecule has 1 saturated carbocycles. The van der Waals surface area contributed by atoms with Gasteiger partial charge in [0.15, 0.2) is 5.76 Å². The summed E-state index contributed by atoms with van der Waals surface area (Å²) in [5, 5.41) is 5.71. The topological polar surface area (TPSA) is 114 Å². The first-order chi connectivity index (χ1) is 17.6. The number of carbonyl (C=O) groups is 3. The van der Waals surface area contributed by atoms with E-state index in [9.17, 15) is 14.4 Å². The second-order valence-corrected chi connectivity index (χ2v) is 8.52. The van der Waals surface area contributed by atoms with E-state index in [0.717, 1.165) is 25.7 Å². The Hall–Kier alpha value is -4.14. The van der Waals surface area contributed by atoms with Crippen LogP contribution in [0.1, 0.15) is 54.8 Å². The lowest BCUT2D eigenvalue weighted by Gasteiger charge is -2.32. The highest BCUT2D eigenvalue weighted by atomic mass is 16.5. The maximum Gasteiger partial charge on any atom is 0.287 e. The zero-order chi connectivity index (χ0) is 25.3. The Kier molecular flexibility index (Phi) is 8.33. The molecule has 1 atom stereocenters. The van der Waals surface area contributed by atoms with Crippen molar-refractivity contribution < 1.29 is 23.5 Å². The summed E-state index contributed by atoms with van der Waals surface area (Å²) in [6.45, 7) is 2.06. The average Bonchev–Trinajstić information content (AvgIpc) is 3.62. The summed E-state index contributed by atoms with van der Waals surface area (Å²) >= 11 is 0. The predicted molar refractivity (Wildman–Crippen MR) is 134 cm³/mol. The summed E-state index contributed by atoms with van der Waals surface area (Å²) in [6.07, 6.45) is 8.50. The molecule has 2 heterocycles. The number of hydrogen-bond acceptors (Lipinski definition) is 6. The Bertz CT molecular complexity index is 1140. The number of anilines is 1. The molecular formula is C27H30N4O5. The lowest BCUT2D eigenvalue weighted by Crippen LogP contribution is -2.49. The number of rotatable bonds is 10. The van der Waals surface area contributed by atoms with Crippen LogP contribution in [0.2, 0.25) is 0 Å². The predicted octanol–water partition coefficient (Wildman–Crippen LogP) is 3.64. The SMILES string of the molecule is CCOc1ccc(N(C(=O)CNC(=O)c2ccco2)[C@H](C(=O)NC2CCCC2)c2ccncc2)cc1. The number of pyridine rings is 1. The van der Waals surface area contributed by atoms with E-state index in [0.29, 0.717) is 23.6 Å². The van der Waals surface area contributed by atoms with Crippen molar-refractivity contribution in [1.82, 2.24) is 15.6 Å². The third-order valence-electron chi connectivity index (χ3n) is 6.07. The van der Waals surface area contributed by atoms with Gasteiger partial charge in [-0.15, -0.1) is 0 Å². The van der Waals surface area contributed by atoms with Gasteiger partial charge in [0.1, 0.15) is 11.8 Å². The van der Waals surface area contributed by atoms with Crippen LogP contribution in [0.15, 0.2) is 71.6 Å². The second kappa shape index (κ2) is 12.0. The molecule has 4 rings (SSSR count). The van der Waals surface area contributed by atoms with E-state index in [1.165, 1.54) is 17.2 Å². The Balaban J connectivity index is 1.66. The van der Waals surface area contributed by atoms with Crippen LogP contribution in [-0.4, -0.2) is 41.9 Å². The standard InChI is InChI=1S/C27H30N4O5/c1-2-35-22-11-9-21(10-12-22)31(24(32)18-29-26(33)23-8-5-17-36-23)25(19-13-15-28-16-14-19)27(34)30-20-6-3-4-7-20/h5,8-17,20,25H,2-4,6-7,18H2,1H3,(H,29,33)(H,30,34)/t25-/m0/s1. The van der Waals surface area contributed by atoms with Crippen molar-refractivity contribution in [2.75, 3.05) is 18.1 Å². The summed E-state index contributed by atoms with van der Waals surface area (Å²) in [6, 6.07) is 12.6. The lowest BCUT2D eigenvalue weighted by molar-refractivity contribution is -0.126. The van der Waals surface area contributed by atoms with E-state index in [4.69, 9.17) is 9.15 Å². The van der Waals surface area contributed by atoms with Gasteiger partial charge in [-0.25, -0.2) is 0 Å². The fraction of sp³-hybridized carbons (Fsp3) is 0.333. The molecule has 0 unspecified atom stereocenters. The molecular weight excluding hydrogens is 460 g/mol. The van der Waals surface area contributed by atoms with Gasteiger partial charge in [-0.2, -0.15) is 0 Å². The molecule has 9 heteroatoms. The first kappa shape index (κ1) is 25.0. The van der Waals surface area contributed by atoms with Crippen molar-refractivity contribution in [3.63, 3.8) is 0 Å². The van der Waals surface area contributed by atoms with E-state index < -0.39 is 17.9 Å². The van der Waals surface area contributed by atoms with Crippen LogP contribution in [0.5, 0.6) is 5.75 Å². The zero-order valence-electron chi connectivity index (χ0n) is 20.2. The van der Waals surface area contributed by atoms with Gasteiger partial charge < -0.3 is 19.8 Å². The van der Waals surface area contributed by atoms with Gasteiger partial charge in [-0.05, 0) is 73.9 Å². The summed E-state index contributed by atoms with van der Waals surface area (Å²) in [7, 11) is 0. The van der Waals surface area contributed by atoms with E-state index in [-0.39, 0.29) is 24.3 Å². The van der Waals surface area contributed by atoms with Gasteiger partial charge >= 0.3 is 0 Å². The Morgan fingerprint density at radius 3 is 2.44 bits per heavy atom. The Labute approximate surface area is 209 Å². The molecule has 2 aromatic heterocycles. The van der Waals surface area contributed by atoms with Crippen LogP contribution in [0, 0.1) is 0 Å². The summed E-state index contributed by atoms with van der Waals surface area (Å²) < 4.78 is 10.7. The minimum absolute atomic E-state index is 0.0674. The van der Waals surface area contributed by atoms with E-state index in [1.807, 2.05) is 6.92 Å². The molecule has 0 bridgehead atoms. The number of amides is 3. The summed E-state index contributed by atoms with van der Waals surface area (Å²) in [5.41, 5.74) is 1.11. The fourth-order valence-electron chi connectivity index (χ4n) is 4.36. The molecule has 9 nitrogen and oxygen atoms in total. The van der Waals surface area contributed by atoms with Crippen LogP contribution in [0.25, 0.3) is 0 Å². The van der Waals surface area contributed by atoms with Crippen LogP contribution in [0.4, 0.5) is 5.69 Å². The number of furan rings is 1. The molecule has 3 aromatic rings. The minimum Gasteiger partial charge on any atom is -0.494 e. The van der Waals surface area contributed by atoms with E-state index in [2.05, 4.69) is 15.6 Å². The molecule has 36 heavy (non-hydrogen) atoms. The first-order valence-corrected chi connectivity index (χ1v) is 12.1. The largest absolute Gasteiger partial charge is 0.494 e. The maximum absolute atomic E-state index is 13.7. The van der Waals surface area contributed by atoms with Crippen molar-refractivity contribution in [2.45, 2.75) is 44.7 Å². The average molecular weight is 491 g/mol. The van der Waals surface area contributed by atoms with Gasteiger partial charge in [0.25, 0.3) is 5.91 Å². The molecule has 1 aromatic carbocycles. The Morgan fingerprint density at radius 2 is 1.81 bits per heavy atom. The summed E-state index contributed by atoms with van der Waals surface area (Å²) in [5.74, 6) is -0.512. The van der Waals surface area contributed by atoms with Gasteiger partial charge in [0.05, 0.1) is 19.4 Å². The van der Waals surface area contributed by atoms with E-state index in [1.54, 1.807) is 54.9 Å². The third-order valence-corrected chi connectivity index (χ3v) is 6.07. The minimum atomic E-state index is -0.959. The number of nitrogens with zero attached hydrogens (tertiary/aromatic N) is 2. The van der Waals surface area contributed by atoms with E-state index >= 15 is 0 Å². The van der Waals surface area contributed by atoms with Crippen LogP contribution >= 0.6 is 0 Å². The van der Waals surface area contributed by atoms with Crippen LogP contribution < -0.4 is 20.3 Å². The number of ether oxygens (including phenoxy) is 1. The van der Waals surface area contributed by atoms with Crippen molar-refractivity contribution in [3.05, 3.63) is 78.5 Å². The fourth-order valence-corrected chi connectivity index (χ4v) is 4.36. The highest BCUT2D eigenvalue weighted by Crippen LogP contribution is 2.30. The van der Waals surface area contributed by atoms with Crippen molar-refractivity contribution in [3.8, 4) is 5.75 Å². The molecule has 0 spiro atoms. The third kappa shape index (κ3) is 6.10. The number of benzene rings is 1. The molecule has 2 N–H and O–H groups in total. The van der Waals surface area contributed by atoms with Crippen LogP contribution in [0.3, 0.4) is 0 Å². The smallest absolute Gasteiger partial charge is 0.287 e. The number of carbonyl (C=O) groups excluding carboxylic acids is 3. The molecule has 188 valence electrons. The molecule has 0 radical (unpaired) electrons. The monoisotopic (exact) mass is 490 g/mol. The van der Waals surface area contributed by atoms with Gasteiger partial charge in [-0.1, -0.05) is 12.8 Å². The highest BCUT2D eigenvalue weighted by molar-refractivity contribution is 6.04. The van der Waals surface area contributed by atoms with Crippen molar-refractivity contribution in [2.24, 2.45) is 0 Å². The normalized spacial score (nSPS) is 14.1. The zero-order valence-corrected chi connectivity index (χ0v) is 20.2. The quantitative estimate of drug-likeness (QED) is 0.449. The number of aromatic nitrogens is 1. The highest BCUT2D eigenvalue weighted by Gasteiger charge is 2.34. The molecule has 3 amide bonds. The molecule has 1 aliphatic carbocycles. The van der Waals surface area contributed by atoms with Gasteiger partial charge in [0, 0.05) is 24.1 Å². The number of hydrogen-bond donors (Lipinski definition) is 2. The van der Waals surface area contributed by atoms with Gasteiger partial charge in [0.2, 0.25) is 11.8 Å². The maximum atomic E-state index is 13.7. The van der Waals surface area contributed by atoms with Crippen molar-refractivity contribution in [1.29, 1.82) is 0 Å². The van der Waals surface area contributed by atoms with Crippen LogP contribution in [-0.2, 0) is 9.59 Å². The molecule has 1 fully saturated rings. The second-order valence-electron chi connectivity index (χ2n) is 8.52. The summed E-state index contributed by atoms with van der Waals surface area (Å²) in [4.78, 5) is 45.2. The lowest BCUT2D eigenvalue weighted by atomic mass is 10.0. The van der Waals surface area contributed by atoms with Crippen molar-refractivity contribution >= 4 is 23.4 Å². The first-order valence-electron chi connectivity index (χ1n) is 12.1. The number of nitrogens with one attached hydrogen (secondary N) is 2. The Morgan fingerprint density at radius 1 is 1.08 bits per heavy atom. The molecule has 0 aliphatic heterocycles. The molecule has 0 saturated heterocycles.